The van der Waals surface area contributed by atoms with E-state index in [0.717, 1.165) is 38.1 Å². The zero-order valence-corrected chi connectivity index (χ0v) is 13.4. The topological polar surface area (TPSA) is 58.1 Å². The summed E-state index contributed by atoms with van der Waals surface area (Å²) in [5, 5.41) is 2.60. The third kappa shape index (κ3) is 4.46. The number of carbonyl (C=O) groups excluding carboxylic acids is 1. The van der Waals surface area contributed by atoms with Gasteiger partial charge in [0.15, 0.2) is 0 Å². The first kappa shape index (κ1) is 17.2. The lowest BCUT2D eigenvalue weighted by molar-refractivity contribution is -0.137. The SMILES string of the molecule is O=C(Cc1cccc(C(F)(F)F)c1)Nc1cnc(N2CCCC2)nc1. The highest BCUT2D eigenvalue weighted by atomic mass is 19.4. The summed E-state index contributed by atoms with van der Waals surface area (Å²) >= 11 is 0. The summed E-state index contributed by atoms with van der Waals surface area (Å²) in [6.07, 6.45) is 0.649. The molecule has 1 fully saturated rings. The van der Waals surface area contributed by atoms with Gasteiger partial charge in [-0.3, -0.25) is 4.79 Å². The highest BCUT2D eigenvalue weighted by Gasteiger charge is 2.30. The number of aromatic nitrogens is 2. The zero-order chi connectivity index (χ0) is 17.9. The molecule has 0 aliphatic carbocycles. The number of amides is 1. The van der Waals surface area contributed by atoms with Gasteiger partial charge in [-0.1, -0.05) is 18.2 Å². The Hall–Kier alpha value is -2.64. The fourth-order valence-corrected chi connectivity index (χ4v) is 2.71. The van der Waals surface area contributed by atoms with Crippen LogP contribution in [0, 0.1) is 0 Å². The minimum atomic E-state index is -4.42. The van der Waals surface area contributed by atoms with Crippen LogP contribution in [0.2, 0.25) is 0 Å². The third-order valence-electron chi connectivity index (χ3n) is 3.93. The Balaban J connectivity index is 1.61. The molecule has 8 heteroatoms. The average Bonchev–Trinajstić information content (AvgIpc) is 3.09. The molecule has 3 rings (SSSR count). The van der Waals surface area contributed by atoms with Crippen LogP contribution in [0.5, 0.6) is 0 Å². The van der Waals surface area contributed by atoms with Gasteiger partial charge in [-0.2, -0.15) is 13.2 Å². The largest absolute Gasteiger partial charge is 0.416 e. The Morgan fingerprint density at radius 1 is 1.16 bits per heavy atom. The zero-order valence-electron chi connectivity index (χ0n) is 13.4. The van der Waals surface area contributed by atoms with E-state index >= 15 is 0 Å². The first-order chi connectivity index (χ1) is 11.9. The number of hydrogen-bond acceptors (Lipinski definition) is 4. The number of anilines is 2. The maximum absolute atomic E-state index is 12.7. The number of hydrogen-bond donors (Lipinski definition) is 1. The van der Waals surface area contributed by atoms with Crippen LogP contribution >= 0.6 is 0 Å². The lowest BCUT2D eigenvalue weighted by atomic mass is 10.1. The number of carbonyl (C=O) groups is 1. The Morgan fingerprint density at radius 3 is 2.48 bits per heavy atom. The third-order valence-corrected chi connectivity index (χ3v) is 3.93. The van der Waals surface area contributed by atoms with E-state index in [0.29, 0.717) is 17.2 Å². The molecule has 2 heterocycles. The van der Waals surface area contributed by atoms with Crippen LogP contribution in [-0.4, -0.2) is 29.0 Å². The standard InChI is InChI=1S/C17H17F3N4O/c18-17(19,20)13-5-3-4-12(8-13)9-15(25)23-14-10-21-16(22-11-14)24-6-1-2-7-24/h3-5,8,10-11H,1-2,6-7,9H2,(H,23,25). The molecular formula is C17H17F3N4O. The van der Waals surface area contributed by atoms with E-state index in [-0.39, 0.29) is 6.42 Å². The van der Waals surface area contributed by atoms with E-state index in [1.54, 1.807) is 0 Å². The van der Waals surface area contributed by atoms with Crippen molar-refractivity contribution in [2.45, 2.75) is 25.4 Å². The van der Waals surface area contributed by atoms with E-state index < -0.39 is 17.6 Å². The molecule has 132 valence electrons. The predicted molar refractivity (Wildman–Crippen MR) is 87.3 cm³/mol. The van der Waals surface area contributed by atoms with Gasteiger partial charge in [0.05, 0.1) is 30.1 Å². The summed E-state index contributed by atoms with van der Waals surface area (Å²) in [5.41, 5.74) is -0.0575. The summed E-state index contributed by atoms with van der Waals surface area (Å²) in [6, 6.07) is 4.74. The fraction of sp³-hybridized carbons (Fsp3) is 0.353. The molecule has 1 amide bonds. The molecule has 1 aliphatic heterocycles. The van der Waals surface area contributed by atoms with Gasteiger partial charge in [-0.15, -0.1) is 0 Å². The maximum Gasteiger partial charge on any atom is 0.416 e. The summed E-state index contributed by atoms with van der Waals surface area (Å²) < 4.78 is 38.1. The monoisotopic (exact) mass is 350 g/mol. The van der Waals surface area contributed by atoms with Crippen molar-refractivity contribution in [3.63, 3.8) is 0 Å². The van der Waals surface area contributed by atoms with Crippen LogP contribution in [0.3, 0.4) is 0 Å². The van der Waals surface area contributed by atoms with E-state index in [1.165, 1.54) is 24.5 Å². The molecule has 2 aromatic rings. The lowest BCUT2D eigenvalue weighted by Gasteiger charge is -2.14. The molecule has 1 N–H and O–H groups in total. The van der Waals surface area contributed by atoms with Gasteiger partial charge >= 0.3 is 6.18 Å². The van der Waals surface area contributed by atoms with Crippen molar-refractivity contribution in [3.05, 3.63) is 47.8 Å². The lowest BCUT2D eigenvalue weighted by Crippen LogP contribution is -2.21. The van der Waals surface area contributed by atoms with Crippen LogP contribution in [0.15, 0.2) is 36.7 Å². The first-order valence-corrected chi connectivity index (χ1v) is 7.95. The second-order valence-electron chi connectivity index (χ2n) is 5.89. The molecule has 1 saturated heterocycles. The van der Waals surface area contributed by atoms with Crippen LogP contribution < -0.4 is 10.2 Å². The van der Waals surface area contributed by atoms with Crippen LogP contribution in [-0.2, 0) is 17.4 Å². The Morgan fingerprint density at radius 2 is 1.84 bits per heavy atom. The van der Waals surface area contributed by atoms with E-state index in [4.69, 9.17) is 0 Å². The molecule has 25 heavy (non-hydrogen) atoms. The van der Waals surface area contributed by atoms with Crippen LogP contribution in [0.1, 0.15) is 24.0 Å². The second-order valence-corrected chi connectivity index (χ2v) is 5.89. The van der Waals surface area contributed by atoms with Crippen molar-refractivity contribution in [1.82, 2.24) is 9.97 Å². The molecule has 1 aromatic heterocycles. The van der Waals surface area contributed by atoms with Crippen molar-refractivity contribution in [1.29, 1.82) is 0 Å². The Kier molecular flexibility index (Phi) is 4.87. The van der Waals surface area contributed by atoms with Crippen molar-refractivity contribution in [2.75, 3.05) is 23.3 Å². The number of nitrogens with zero attached hydrogens (tertiary/aromatic N) is 3. The molecule has 0 unspecified atom stereocenters. The normalized spacial score (nSPS) is 14.6. The molecule has 1 aromatic carbocycles. The number of nitrogens with one attached hydrogen (secondary N) is 1. The van der Waals surface area contributed by atoms with Gasteiger partial charge in [0.2, 0.25) is 11.9 Å². The molecule has 0 atom stereocenters. The highest BCUT2D eigenvalue weighted by Crippen LogP contribution is 2.29. The molecule has 0 bridgehead atoms. The number of alkyl halides is 3. The van der Waals surface area contributed by atoms with Gasteiger partial charge in [0, 0.05) is 13.1 Å². The van der Waals surface area contributed by atoms with Gasteiger partial charge in [-0.25, -0.2) is 9.97 Å². The minimum absolute atomic E-state index is 0.155. The highest BCUT2D eigenvalue weighted by molar-refractivity contribution is 5.92. The van der Waals surface area contributed by atoms with Gasteiger partial charge in [-0.05, 0) is 24.5 Å². The van der Waals surface area contributed by atoms with Crippen molar-refractivity contribution in [3.8, 4) is 0 Å². The Bertz CT molecular complexity index is 740. The first-order valence-electron chi connectivity index (χ1n) is 7.95. The van der Waals surface area contributed by atoms with Crippen LogP contribution in [0.4, 0.5) is 24.8 Å². The predicted octanol–water partition coefficient (Wildman–Crippen LogP) is 3.28. The smallest absolute Gasteiger partial charge is 0.341 e. The molecule has 1 aliphatic rings. The van der Waals surface area contributed by atoms with Gasteiger partial charge in [0.1, 0.15) is 0 Å². The average molecular weight is 350 g/mol. The molecule has 0 saturated carbocycles. The van der Waals surface area contributed by atoms with E-state index in [9.17, 15) is 18.0 Å². The van der Waals surface area contributed by atoms with Crippen LogP contribution in [0.25, 0.3) is 0 Å². The van der Waals surface area contributed by atoms with Crippen molar-refractivity contribution < 1.29 is 18.0 Å². The van der Waals surface area contributed by atoms with Gasteiger partial charge < -0.3 is 10.2 Å². The fourth-order valence-electron chi connectivity index (χ4n) is 2.71. The second kappa shape index (κ2) is 7.08. The molecule has 0 radical (unpaired) electrons. The summed E-state index contributed by atoms with van der Waals surface area (Å²) in [4.78, 5) is 22.5. The molecule has 5 nitrogen and oxygen atoms in total. The number of rotatable bonds is 4. The van der Waals surface area contributed by atoms with E-state index in [1.807, 2.05) is 0 Å². The summed E-state index contributed by atoms with van der Waals surface area (Å²) in [5.74, 6) is 0.199. The maximum atomic E-state index is 12.7. The Labute approximate surface area is 142 Å². The summed E-state index contributed by atoms with van der Waals surface area (Å²) in [6.45, 7) is 1.84. The molecular weight excluding hydrogens is 333 g/mol. The number of benzene rings is 1. The van der Waals surface area contributed by atoms with Gasteiger partial charge in [0.25, 0.3) is 0 Å². The van der Waals surface area contributed by atoms with Crippen molar-refractivity contribution in [2.24, 2.45) is 0 Å². The number of halogens is 3. The van der Waals surface area contributed by atoms with Crippen molar-refractivity contribution >= 4 is 17.5 Å². The molecule has 0 spiro atoms. The van der Waals surface area contributed by atoms with E-state index in [2.05, 4.69) is 20.2 Å². The minimum Gasteiger partial charge on any atom is -0.341 e. The summed E-state index contributed by atoms with van der Waals surface area (Å²) in [7, 11) is 0. The quantitative estimate of drug-likeness (QED) is 0.919.